The number of hydrogen-bond donors (Lipinski definition) is 3. The zero-order chi connectivity index (χ0) is 20.6. The Balaban J connectivity index is 1.51. The molecule has 29 heavy (non-hydrogen) atoms. The van der Waals surface area contributed by atoms with Crippen molar-refractivity contribution in [1.29, 1.82) is 0 Å². The fourth-order valence-electron chi connectivity index (χ4n) is 3.87. The van der Waals surface area contributed by atoms with E-state index in [1.54, 1.807) is 4.52 Å². The van der Waals surface area contributed by atoms with Gasteiger partial charge in [0.25, 0.3) is 5.69 Å². The molecule has 9 nitrogen and oxygen atoms in total. The normalized spacial score (nSPS) is 14.8. The Bertz CT molecular complexity index is 1090. The van der Waals surface area contributed by atoms with Gasteiger partial charge >= 0.3 is 0 Å². The molecule has 3 aromatic rings. The highest BCUT2D eigenvalue weighted by molar-refractivity contribution is 5.80. The van der Waals surface area contributed by atoms with Crippen LogP contribution >= 0.6 is 0 Å². The number of nitrogens with one attached hydrogen (secondary N) is 1. The SMILES string of the molecule is [C-]#[N+]c1c(NCCc2ccn(C3(CCO)CC3)n2)nc2c(CC)c(C)nn2c1N. The number of aromatic nitrogens is 5. The van der Waals surface area contributed by atoms with E-state index in [4.69, 9.17) is 12.3 Å². The zero-order valence-corrected chi connectivity index (χ0v) is 16.8. The number of rotatable bonds is 8. The van der Waals surface area contributed by atoms with Crippen LogP contribution in [0.3, 0.4) is 0 Å². The second-order valence-electron chi connectivity index (χ2n) is 7.59. The highest BCUT2D eigenvalue weighted by Gasteiger charge is 2.44. The van der Waals surface area contributed by atoms with E-state index in [1.165, 1.54) is 0 Å². The number of nitrogen functional groups attached to an aromatic ring is 1. The van der Waals surface area contributed by atoms with Gasteiger partial charge < -0.3 is 16.2 Å². The van der Waals surface area contributed by atoms with Gasteiger partial charge in [-0.1, -0.05) is 6.92 Å². The average Bonchev–Trinajstić information content (AvgIpc) is 3.19. The standard InChI is InChI=1S/C20H26N8O/c1-4-15-13(2)25-28-17(21)16(22-3)18(24-19(15)28)23-10-5-14-6-11-27(26-14)20(7-8-20)9-12-29/h6,11,29H,4-5,7-10,12,21H2,1-2H3,(H,23,24). The molecule has 4 rings (SSSR count). The Hall–Kier alpha value is -3.12. The van der Waals surface area contributed by atoms with E-state index in [9.17, 15) is 5.11 Å². The van der Waals surface area contributed by atoms with E-state index in [0.717, 1.165) is 42.6 Å². The summed E-state index contributed by atoms with van der Waals surface area (Å²) in [5.74, 6) is 0.789. The summed E-state index contributed by atoms with van der Waals surface area (Å²) in [5.41, 5.74) is 10.1. The van der Waals surface area contributed by atoms with Gasteiger partial charge in [-0.25, -0.2) is 14.3 Å². The summed E-state index contributed by atoms with van der Waals surface area (Å²) in [4.78, 5) is 8.22. The van der Waals surface area contributed by atoms with Crippen molar-refractivity contribution >= 4 is 23.0 Å². The molecule has 3 aromatic heterocycles. The van der Waals surface area contributed by atoms with Crippen LogP contribution in [-0.2, 0) is 18.4 Å². The van der Waals surface area contributed by atoms with E-state index in [2.05, 4.69) is 32.3 Å². The maximum absolute atomic E-state index is 9.26. The third-order valence-electron chi connectivity index (χ3n) is 5.74. The smallest absolute Gasteiger partial charge is 0.268 e. The van der Waals surface area contributed by atoms with Gasteiger partial charge in [0.2, 0.25) is 0 Å². The minimum absolute atomic E-state index is 0.00909. The molecule has 1 saturated carbocycles. The van der Waals surface area contributed by atoms with Crippen LogP contribution in [0.15, 0.2) is 12.3 Å². The highest BCUT2D eigenvalue weighted by Crippen LogP contribution is 2.45. The molecule has 4 N–H and O–H groups in total. The second kappa shape index (κ2) is 7.37. The van der Waals surface area contributed by atoms with Gasteiger partial charge in [-0.3, -0.25) is 4.68 Å². The molecule has 0 spiro atoms. The number of anilines is 2. The fourth-order valence-corrected chi connectivity index (χ4v) is 3.87. The molecule has 9 heteroatoms. The summed E-state index contributed by atoms with van der Waals surface area (Å²) in [6.45, 7) is 12.3. The zero-order valence-electron chi connectivity index (χ0n) is 16.8. The van der Waals surface area contributed by atoms with Crippen molar-refractivity contribution in [2.75, 3.05) is 24.2 Å². The largest absolute Gasteiger partial charge is 0.396 e. The lowest BCUT2D eigenvalue weighted by molar-refractivity contribution is 0.241. The summed E-state index contributed by atoms with van der Waals surface area (Å²) in [6, 6.07) is 2.01. The molecule has 0 radical (unpaired) electrons. The first-order valence-electron chi connectivity index (χ1n) is 9.98. The molecule has 3 heterocycles. The Morgan fingerprint density at radius 1 is 1.38 bits per heavy atom. The summed E-state index contributed by atoms with van der Waals surface area (Å²) >= 11 is 0. The Kier molecular flexibility index (Phi) is 4.88. The molecular formula is C20H26N8O. The first kappa shape index (κ1) is 19.2. The second-order valence-corrected chi connectivity index (χ2v) is 7.59. The first-order valence-corrected chi connectivity index (χ1v) is 9.98. The predicted octanol–water partition coefficient (Wildman–Crippen LogP) is 2.46. The van der Waals surface area contributed by atoms with Crippen molar-refractivity contribution in [1.82, 2.24) is 24.4 Å². The lowest BCUT2D eigenvalue weighted by Crippen LogP contribution is -2.19. The highest BCUT2D eigenvalue weighted by atomic mass is 16.3. The molecule has 0 bridgehead atoms. The number of nitrogens with two attached hydrogens (primary N) is 1. The van der Waals surface area contributed by atoms with E-state index in [-0.39, 0.29) is 17.8 Å². The number of aryl methyl sites for hydroxylation is 2. The van der Waals surface area contributed by atoms with Gasteiger partial charge in [-0.2, -0.15) is 10.2 Å². The molecule has 0 amide bonds. The maximum Gasteiger partial charge on any atom is 0.268 e. The Labute approximate surface area is 169 Å². The summed E-state index contributed by atoms with van der Waals surface area (Å²) in [7, 11) is 0. The minimum atomic E-state index is 0.00909. The van der Waals surface area contributed by atoms with Crippen molar-refractivity contribution in [3.05, 3.63) is 40.6 Å². The summed E-state index contributed by atoms with van der Waals surface area (Å²) < 4.78 is 3.55. The number of hydrogen-bond acceptors (Lipinski definition) is 6. The monoisotopic (exact) mass is 394 g/mol. The van der Waals surface area contributed by atoms with E-state index >= 15 is 0 Å². The maximum atomic E-state index is 9.26. The number of aliphatic hydroxyl groups excluding tert-OH is 1. The molecule has 0 atom stereocenters. The van der Waals surface area contributed by atoms with Crippen LogP contribution in [0.1, 0.15) is 43.1 Å². The molecule has 1 fully saturated rings. The van der Waals surface area contributed by atoms with E-state index in [0.29, 0.717) is 30.2 Å². The van der Waals surface area contributed by atoms with Gasteiger partial charge in [-0.05, 0) is 38.7 Å². The van der Waals surface area contributed by atoms with Crippen molar-refractivity contribution in [2.45, 2.75) is 51.5 Å². The Morgan fingerprint density at radius 2 is 2.17 bits per heavy atom. The van der Waals surface area contributed by atoms with E-state index < -0.39 is 0 Å². The van der Waals surface area contributed by atoms with Gasteiger partial charge in [0.15, 0.2) is 5.65 Å². The van der Waals surface area contributed by atoms with Crippen LogP contribution in [0.2, 0.25) is 0 Å². The average molecular weight is 394 g/mol. The molecule has 1 aliphatic carbocycles. The van der Waals surface area contributed by atoms with Crippen LogP contribution < -0.4 is 11.1 Å². The molecule has 152 valence electrons. The topological polar surface area (TPSA) is 111 Å². The summed E-state index contributed by atoms with van der Waals surface area (Å²) in [5, 5.41) is 21.6. The molecule has 0 aliphatic heterocycles. The predicted molar refractivity (Wildman–Crippen MR) is 111 cm³/mol. The first-order chi connectivity index (χ1) is 14.0. The quantitative estimate of drug-likeness (QED) is 0.506. The van der Waals surface area contributed by atoms with Crippen LogP contribution in [0, 0.1) is 13.5 Å². The number of fused-ring (bicyclic) bond motifs is 1. The molecular weight excluding hydrogens is 368 g/mol. The lowest BCUT2D eigenvalue weighted by atomic mass is 10.2. The third-order valence-corrected chi connectivity index (χ3v) is 5.74. The van der Waals surface area contributed by atoms with Crippen LogP contribution in [0.25, 0.3) is 10.5 Å². The molecule has 1 aliphatic rings. The van der Waals surface area contributed by atoms with Crippen molar-refractivity contribution in [2.24, 2.45) is 0 Å². The van der Waals surface area contributed by atoms with Crippen LogP contribution in [0.4, 0.5) is 17.3 Å². The van der Waals surface area contributed by atoms with Crippen LogP contribution in [0.5, 0.6) is 0 Å². The number of aliphatic hydroxyl groups is 1. The van der Waals surface area contributed by atoms with Crippen molar-refractivity contribution in [3.8, 4) is 0 Å². The number of nitrogens with zero attached hydrogens (tertiary/aromatic N) is 6. The molecule has 0 saturated heterocycles. The van der Waals surface area contributed by atoms with Gasteiger partial charge in [0.1, 0.15) is 11.6 Å². The minimum Gasteiger partial charge on any atom is -0.396 e. The summed E-state index contributed by atoms with van der Waals surface area (Å²) in [6.07, 6.45) is 6.36. The van der Waals surface area contributed by atoms with Gasteiger partial charge in [-0.15, -0.1) is 0 Å². The molecule has 0 unspecified atom stereocenters. The fraction of sp³-hybridized carbons (Fsp3) is 0.500. The van der Waals surface area contributed by atoms with E-state index in [1.807, 2.05) is 23.9 Å². The van der Waals surface area contributed by atoms with Crippen LogP contribution in [-0.4, -0.2) is 42.6 Å². The lowest BCUT2D eigenvalue weighted by Gasteiger charge is -2.14. The van der Waals surface area contributed by atoms with Gasteiger partial charge in [0.05, 0.1) is 23.5 Å². The van der Waals surface area contributed by atoms with Crippen molar-refractivity contribution < 1.29 is 5.11 Å². The Morgan fingerprint density at radius 3 is 2.83 bits per heavy atom. The molecule has 0 aromatic carbocycles. The van der Waals surface area contributed by atoms with Gasteiger partial charge in [0, 0.05) is 31.3 Å². The third kappa shape index (κ3) is 3.29. The van der Waals surface area contributed by atoms with Crippen molar-refractivity contribution in [3.63, 3.8) is 0 Å².